The predicted octanol–water partition coefficient (Wildman–Crippen LogP) is 4.85. The van der Waals surface area contributed by atoms with E-state index < -0.39 is 11.9 Å². The number of nitrogens with one attached hydrogen (secondary N) is 1. The Morgan fingerprint density at radius 1 is 0.909 bits per heavy atom. The molecule has 0 bridgehead atoms. The number of carbonyl (C=O) groups is 2. The standard InChI is InChI=1S/C25H21BrN2O5/c1-31-22-11-9-18(15-23(22)32-2)25(30)28-27-16-19-14-20(26)10-12-21(19)33-24(29)13-8-17-6-4-3-5-7-17/h3-16H,1-2H3,(H,28,30). The highest BCUT2D eigenvalue weighted by molar-refractivity contribution is 9.10. The topological polar surface area (TPSA) is 86.2 Å². The summed E-state index contributed by atoms with van der Waals surface area (Å²) in [5, 5.41) is 3.99. The Balaban J connectivity index is 1.69. The molecule has 0 saturated heterocycles. The van der Waals surface area contributed by atoms with Crippen molar-refractivity contribution in [2.75, 3.05) is 14.2 Å². The fraction of sp³-hybridized carbons (Fsp3) is 0.0800. The lowest BCUT2D eigenvalue weighted by molar-refractivity contribution is -0.128. The van der Waals surface area contributed by atoms with E-state index >= 15 is 0 Å². The van der Waals surface area contributed by atoms with Gasteiger partial charge in [-0.1, -0.05) is 46.3 Å². The van der Waals surface area contributed by atoms with E-state index in [9.17, 15) is 9.59 Å². The highest BCUT2D eigenvalue weighted by Gasteiger charge is 2.11. The predicted molar refractivity (Wildman–Crippen MR) is 130 cm³/mol. The summed E-state index contributed by atoms with van der Waals surface area (Å²) in [6.07, 6.45) is 4.41. The Morgan fingerprint density at radius 3 is 2.36 bits per heavy atom. The van der Waals surface area contributed by atoms with Gasteiger partial charge in [0.1, 0.15) is 5.75 Å². The number of methoxy groups -OCH3 is 2. The van der Waals surface area contributed by atoms with Crippen LogP contribution >= 0.6 is 15.9 Å². The molecule has 0 aliphatic carbocycles. The maximum Gasteiger partial charge on any atom is 0.336 e. The van der Waals surface area contributed by atoms with E-state index in [0.717, 1.165) is 10.0 Å². The molecule has 1 amide bonds. The normalized spacial score (nSPS) is 10.9. The first-order valence-corrected chi connectivity index (χ1v) is 10.6. The molecular formula is C25H21BrN2O5. The molecule has 0 saturated carbocycles. The van der Waals surface area contributed by atoms with E-state index in [1.54, 1.807) is 42.5 Å². The number of ether oxygens (including phenoxy) is 3. The molecule has 0 unspecified atom stereocenters. The molecule has 0 aliphatic heterocycles. The smallest absolute Gasteiger partial charge is 0.336 e. The first kappa shape index (κ1) is 23.7. The second kappa shape index (κ2) is 11.6. The molecule has 0 radical (unpaired) electrons. The minimum atomic E-state index is -0.537. The van der Waals surface area contributed by atoms with Crippen LogP contribution in [0.2, 0.25) is 0 Å². The molecule has 0 spiro atoms. The van der Waals surface area contributed by atoms with Crippen molar-refractivity contribution < 1.29 is 23.8 Å². The van der Waals surface area contributed by atoms with Gasteiger partial charge in [0.05, 0.1) is 20.4 Å². The van der Waals surface area contributed by atoms with Gasteiger partial charge in [0.25, 0.3) is 5.91 Å². The molecule has 3 rings (SSSR count). The van der Waals surface area contributed by atoms with Gasteiger partial charge >= 0.3 is 5.97 Å². The lowest BCUT2D eigenvalue weighted by Gasteiger charge is -2.09. The number of rotatable bonds is 8. The fourth-order valence-corrected chi connectivity index (χ4v) is 3.17. The molecule has 0 aliphatic rings. The second-order valence-electron chi connectivity index (χ2n) is 6.62. The van der Waals surface area contributed by atoms with E-state index in [1.165, 1.54) is 26.5 Å². The molecule has 3 aromatic rings. The summed E-state index contributed by atoms with van der Waals surface area (Å²) in [6.45, 7) is 0. The number of benzene rings is 3. The van der Waals surface area contributed by atoms with Crippen molar-refractivity contribution in [3.8, 4) is 17.2 Å². The Kier molecular flexibility index (Phi) is 8.37. The number of amides is 1. The summed E-state index contributed by atoms with van der Waals surface area (Å²) < 4.78 is 16.6. The maximum absolute atomic E-state index is 12.4. The van der Waals surface area contributed by atoms with Gasteiger partial charge in [-0.3, -0.25) is 4.79 Å². The van der Waals surface area contributed by atoms with Gasteiger partial charge in [-0.2, -0.15) is 5.10 Å². The Labute approximate surface area is 199 Å². The zero-order chi connectivity index (χ0) is 23.6. The van der Waals surface area contributed by atoms with Crippen LogP contribution in [0.3, 0.4) is 0 Å². The number of hydrazone groups is 1. The van der Waals surface area contributed by atoms with Crippen molar-refractivity contribution in [3.63, 3.8) is 0 Å². The first-order valence-electron chi connectivity index (χ1n) is 9.80. The van der Waals surface area contributed by atoms with E-state index in [2.05, 4.69) is 26.5 Å². The van der Waals surface area contributed by atoms with Crippen LogP contribution in [-0.4, -0.2) is 32.3 Å². The third-order valence-electron chi connectivity index (χ3n) is 4.41. The zero-order valence-electron chi connectivity index (χ0n) is 17.9. The van der Waals surface area contributed by atoms with Gasteiger partial charge < -0.3 is 14.2 Å². The monoisotopic (exact) mass is 508 g/mol. The lowest BCUT2D eigenvalue weighted by atomic mass is 10.2. The van der Waals surface area contributed by atoms with Crippen LogP contribution in [0.5, 0.6) is 17.2 Å². The molecule has 33 heavy (non-hydrogen) atoms. The first-order chi connectivity index (χ1) is 16.0. The SMILES string of the molecule is COc1ccc(C(=O)NN=Cc2cc(Br)ccc2OC(=O)C=Cc2ccccc2)cc1OC. The minimum absolute atomic E-state index is 0.296. The average Bonchev–Trinajstić information content (AvgIpc) is 2.84. The number of hydrogen-bond donors (Lipinski definition) is 1. The molecule has 0 aromatic heterocycles. The van der Waals surface area contributed by atoms with Crippen molar-refractivity contribution in [1.29, 1.82) is 0 Å². The summed E-state index contributed by atoms with van der Waals surface area (Å²) in [7, 11) is 3.00. The van der Waals surface area contributed by atoms with Crippen molar-refractivity contribution >= 4 is 40.1 Å². The molecule has 3 aromatic carbocycles. The van der Waals surface area contributed by atoms with Crippen molar-refractivity contribution in [2.24, 2.45) is 5.10 Å². The third-order valence-corrected chi connectivity index (χ3v) is 4.90. The summed E-state index contributed by atoms with van der Waals surface area (Å²) >= 11 is 3.38. The van der Waals surface area contributed by atoms with Crippen molar-refractivity contribution in [3.05, 3.63) is 94.0 Å². The van der Waals surface area contributed by atoms with Crippen LogP contribution in [0.15, 0.2) is 82.4 Å². The molecule has 0 heterocycles. The molecule has 8 heteroatoms. The summed E-state index contributed by atoms with van der Waals surface area (Å²) in [5.74, 6) is 0.264. The fourth-order valence-electron chi connectivity index (χ4n) is 2.79. The minimum Gasteiger partial charge on any atom is -0.493 e. The van der Waals surface area contributed by atoms with Crippen LogP contribution in [0.4, 0.5) is 0 Å². The summed E-state index contributed by atoms with van der Waals surface area (Å²) in [4.78, 5) is 24.7. The highest BCUT2D eigenvalue weighted by atomic mass is 79.9. The molecule has 7 nitrogen and oxygen atoms in total. The molecule has 0 atom stereocenters. The number of carbonyl (C=O) groups excluding carboxylic acids is 2. The van der Waals surface area contributed by atoms with Gasteiger partial charge in [0.15, 0.2) is 11.5 Å². The van der Waals surface area contributed by atoms with E-state index in [1.807, 2.05) is 30.3 Å². The van der Waals surface area contributed by atoms with E-state index in [-0.39, 0.29) is 0 Å². The van der Waals surface area contributed by atoms with Gasteiger partial charge in [-0.05, 0) is 48.0 Å². The lowest BCUT2D eigenvalue weighted by Crippen LogP contribution is -2.17. The van der Waals surface area contributed by atoms with Crippen LogP contribution < -0.4 is 19.6 Å². The largest absolute Gasteiger partial charge is 0.493 e. The van der Waals surface area contributed by atoms with Gasteiger partial charge in [0, 0.05) is 21.7 Å². The van der Waals surface area contributed by atoms with E-state index in [0.29, 0.717) is 28.4 Å². The zero-order valence-corrected chi connectivity index (χ0v) is 19.5. The number of halogens is 1. The Bertz CT molecular complexity index is 1190. The number of hydrogen-bond acceptors (Lipinski definition) is 6. The van der Waals surface area contributed by atoms with Crippen LogP contribution in [0, 0.1) is 0 Å². The van der Waals surface area contributed by atoms with Crippen LogP contribution in [-0.2, 0) is 4.79 Å². The van der Waals surface area contributed by atoms with Crippen LogP contribution in [0.1, 0.15) is 21.5 Å². The molecule has 0 fully saturated rings. The van der Waals surface area contributed by atoms with Gasteiger partial charge in [-0.25, -0.2) is 10.2 Å². The summed E-state index contributed by atoms with van der Waals surface area (Å²) in [6, 6.07) is 19.3. The number of esters is 1. The quantitative estimate of drug-likeness (QED) is 0.154. The van der Waals surface area contributed by atoms with Crippen molar-refractivity contribution in [2.45, 2.75) is 0 Å². The van der Waals surface area contributed by atoms with Crippen molar-refractivity contribution in [1.82, 2.24) is 5.43 Å². The van der Waals surface area contributed by atoms with Gasteiger partial charge in [0.2, 0.25) is 0 Å². The maximum atomic E-state index is 12.4. The summed E-state index contributed by atoms with van der Waals surface area (Å²) in [5.41, 5.74) is 4.17. The highest BCUT2D eigenvalue weighted by Crippen LogP contribution is 2.27. The molecule has 1 N–H and O–H groups in total. The average molecular weight is 509 g/mol. The van der Waals surface area contributed by atoms with E-state index in [4.69, 9.17) is 14.2 Å². The second-order valence-corrected chi connectivity index (χ2v) is 7.53. The molecule has 168 valence electrons. The Morgan fingerprint density at radius 2 is 1.64 bits per heavy atom. The van der Waals surface area contributed by atoms with Gasteiger partial charge in [-0.15, -0.1) is 0 Å². The van der Waals surface area contributed by atoms with Crippen LogP contribution in [0.25, 0.3) is 6.08 Å². The number of nitrogens with zero attached hydrogens (tertiary/aromatic N) is 1. The Hall–Kier alpha value is -3.91. The third kappa shape index (κ3) is 6.78. The molecular weight excluding hydrogens is 488 g/mol.